The molecule has 0 fully saturated rings. The van der Waals surface area contributed by atoms with Crippen LogP contribution in [0.25, 0.3) is 0 Å². The van der Waals surface area contributed by atoms with Crippen molar-refractivity contribution in [2.75, 3.05) is 10.0 Å². The molecule has 0 saturated carbocycles. The van der Waals surface area contributed by atoms with E-state index >= 15 is 0 Å². The Kier molecular flexibility index (Phi) is 5.19. The molecule has 27 heavy (non-hydrogen) atoms. The standard InChI is InChI=1S/C17H11F3N2O3S2/c18-12-5-3-10(8-14(12)20)17(23)21-11-4-6-13(19)15(9-11)22-27(24,25)16-2-1-7-26-16/h1-9,22H,(H,21,23). The topological polar surface area (TPSA) is 75.3 Å². The lowest BCUT2D eigenvalue weighted by molar-refractivity contribution is 0.102. The Morgan fingerprint density at radius 2 is 1.67 bits per heavy atom. The van der Waals surface area contributed by atoms with E-state index < -0.39 is 33.4 Å². The first-order chi connectivity index (χ1) is 12.8. The molecule has 10 heteroatoms. The molecule has 2 N–H and O–H groups in total. The number of sulfonamides is 1. The lowest BCUT2D eigenvalue weighted by Crippen LogP contribution is -2.15. The first-order valence-corrected chi connectivity index (χ1v) is 9.75. The fraction of sp³-hybridized carbons (Fsp3) is 0. The Labute approximate surface area is 156 Å². The number of amides is 1. The Hall–Kier alpha value is -2.85. The zero-order valence-electron chi connectivity index (χ0n) is 13.4. The minimum absolute atomic E-state index is 0.00174. The van der Waals surface area contributed by atoms with Gasteiger partial charge < -0.3 is 5.32 Å². The van der Waals surface area contributed by atoms with Crippen LogP contribution in [0.5, 0.6) is 0 Å². The van der Waals surface area contributed by atoms with E-state index in [2.05, 4.69) is 10.0 Å². The smallest absolute Gasteiger partial charge is 0.271 e. The predicted molar refractivity (Wildman–Crippen MR) is 95.8 cm³/mol. The summed E-state index contributed by atoms with van der Waals surface area (Å²) in [5, 5.41) is 3.93. The molecule has 0 unspecified atom stereocenters. The summed E-state index contributed by atoms with van der Waals surface area (Å²) in [4.78, 5) is 12.1. The predicted octanol–water partition coefficient (Wildman–Crippen LogP) is 4.22. The fourth-order valence-corrected chi connectivity index (χ4v) is 4.18. The highest BCUT2D eigenvalue weighted by Gasteiger charge is 2.18. The number of nitrogens with one attached hydrogen (secondary N) is 2. The Bertz CT molecular complexity index is 1100. The molecule has 1 amide bonds. The molecule has 140 valence electrons. The van der Waals surface area contributed by atoms with Crippen LogP contribution < -0.4 is 10.0 Å². The van der Waals surface area contributed by atoms with Gasteiger partial charge in [-0.3, -0.25) is 9.52 Å². The normalized spacial score (nSPS) is 11.2. The monoisotopic (exact) mass is 412 g/mol. The number of hydrogen-bond acceptors (Lipinski definition) is 4. The van der Waals surface area contributed by atoms with E-state index in [1.807, 2.05) is 0 Å². The van der Waals surface area contributed by atoms with Crippen molar-refractivity contribution in [3.8, 4) is 0 Å². The SMILES string of the molecule is O=C(Nc1ccc(F)c(NS(=O)(=O)c2cccs2)c1)c1ccc(F)c(F)c1. The molecule has 0 radical (unpaired) electrons. The van der Waals surface area contributed by atoms with E-state index in [0.29, 0.717) is 6.07 Å². The van der Waals surface area contributed by atoms with E-state index in [0.717, 1.165) is 35.6 Å². The molecule has 0 aliphatic rings. The van der Waals surface area contributed by atoms with Gasteiger partial charge in [-0.1, -0.05) is 6.07 Å². The summed E-state index contributed by atoms with van der Waals surface area (Å²) >= 11 is 0.961. The Morgan fingerprint density at radius 3 is 2.33 bits per heavy atom. The lowest BCUT2D eigenvalue weighted by atomic mass is 10.2. The molecule has 5 nitrogen and oxygen atoms in total. The fourth-order valence-electron chi connectivity index (χ4n) is 2.13. The maximum absolute atomic E-state index is 14.0. The number of hydrogen-bond donors (Lipinski definition) is 2. The molecule has 2 aromatic carbocycles. The summed E-state index contributed by atoms with van der Waals surface area (Å²) in [7, 11) is -3.98. The summed E-state index contributed by atoms with van der Waals surface area (Å²) < 4.78 is 66.7. The lowest BCUT2D eigenvalue weighted by Gasteiger charge is -2.11. The van der Waals surface area contributed by atoms with Gasteiger partial charge in [0.15, 0.2) is 11.6 Å². The third kappa shape index (κ3) is 4.29. The average molecular weight is 412 g/mol. The second kappa shape index (κ2) is 7.41. The zero-order valence-corrected chi connectivity index (χ0v) is 15.0. The van der Waals surface area contributed by atoms with E-state index in [4.69, 9.17) is 0 Å². The summed E-state index contributed by atoms with van der Waals surface area (Å²) in [5.41, 5.74) is -0.458. The van der Waals surface area contributed by atoms with Gasteiger partial charge in [0.05, 0.1) is 5.69 Å². The number of carbonyl (C=O) groups excluding carboxylic acids is 1. The third-order valence-corrected chi connectivity index (χ3v) is 6.17. The quantitative estimate of drug-likeness (QED) is 0.659. The molecule has 0 saturated heterocycles. The van der Waals surface area contributed by atoms with Crippen molar-refractivity contribution >= 4 is 38.6 Å². The van der Waals surface area contributed by atoms with E-state index in [1.165, 1.54) is 18.2 Å². The van der Waals surface area contributed by atoms with Gasteiger partial charge in [-0.15, -0.1) is 11.3 Å². The highest BCUT2D eigenvalue weighted by atomic mass is 32.2. The van der Waals surface area contributed by atoms with Gasteiger partial charge in [0.1, 0.15) is 10.0 Å². The van der Waals surface area contributed by atoms with Gasteiger partial charge in [0.2, 0.25) is 0 Å². The van der Waals surface area contributed by atoms with Crippen molar-refractivity contribution < 1.29 is 26.4 Å². The maximum Gasteiger partial charge on any atom is 0.271 e. The number of halogens is 3. The van der Waals surface area contributed by atoms with Crippen LogP contribution in [0.1, 0.15) is 10.4 Å². The summed E-state index contributed by atoms with van der Waals surface area (Å²) in [6, 6.07) is 8.75. The molecule has 0 aliphatic carbocycles. The largest absolute Gasteiger partial charge is 0.322 e. The molecule has 3 aromatic rings. The number of thiophene rings is 1. The van der Waals surface area contributed by atoms with Crippen LogP contribution in [-0.2, 0) is 10.0 Å². The zero-order chi connectivity index (χ0) is 19.6. The van der Waals surface area contributed by atoms with Crippen LogP contribution in [0.3, 0.4) is 0 Å². The number of benzene rings is 2. The van der Waals surface area contributed by atoms with Crippen LogP contribution in [0, 0.1) is 17.5 Å². The first-order valence-electron chi connectivity index (χ1n) is 7.38. The van der Waals surface area contributed by atoms with E-state index in [1.54, 1.807) is 5.38 Å². The van der Waals surface area contributed by atoms with Crippen LogP contribution in [0.15, 0.2) is 58.1 Å². The molecule has 0 aliphatic heterocycles. The van der Waals surface area contributed by atoms with Crippen LogP contribution >= 0.6 is 11.3 Å². The third-order valence-electron chi connectivity index (χ3n) is 3.41. The van der Waals surface area contributed by atoms with Crippen LogP contribution in [0.4, 0.5) is 24.5 Å². The second-order valence-electron chi connectivity index (χ2n) is 5.32. The van der Waals surface area contributed by atoms with Crippen molar-refractivity contribution in [2.24, 2.45) is 0 Å². The summed E-state index contributed by atoms with van der Waals surface area (Å²) in [6.07, 6.45) is 0. The van der Waals surface area contributed by atoms with Crippen molar-refractivity contribution in [3.05, 3.63) is 76.9 Å². The first kappa shape index (κ1) is 18.9. The van der Waals surface area contributed by atoms with Crippen LogP contribution in [0.2, 0.25) is 0 Å². The second-order valence-corrected chi connectivity index (χ2v) is 8.17. The van der Waals surface area contributed by atoms with Crippen molar-refractivity contribution in [2.45, 2.75) is 4.21 Å². The summed E-state index contributed by atoms with van der Waals surface area (Å²) in [5.74, 6) is -3.90. The van der Waals surface area contributed by atoms with Gasteiger partial charge >= 0.3 is 0 Å². The van der Waals surface area contributed by atoms with Gasteiger partial charge in [0, 0.05) is 11.3 Å². The van der Waals surface area contributed by atoms with Crippen molar-refractivity contribution in [1.82, 2.24) is 0 Å². The maximum atomic E-state index is 14.0. The molecular formula is C17H11F3N2O3S2. The Morgan fingerprint density at radius 1 is 0.926 bits per heavy atom. The highest BCUT2D eigenvalue weighted by molar-refractivity contribution is 7.94. The minimum Gasteiger partial charge on any atom is -0.322 e. The van der Waals surface area contributed by atoms with Gasteiger partial charge in [-0.2, -0.15) is 0 Å². The molecule has 3 rings (SSSR count). The molecule has 0 spiro atoms. The Balaban J connectivity index is 1.83. The molecule has 1 heterocycles. The minimum atomic E-state index is -3.98. The average Bonchev–Trinajstić information content (AvgIpc) is 3.15. The van der Waals surface area contributed by atoms with Gasteiger partial charge in [-0.05, 0) is 47.8 Å². The number of carbonyl (C=O) groups is 1. The van der Waals surface area contributed by atoms with Gasteiger partial charge in [-0.25, -0.2) is 21.6 Å². The van der Waals surface area contributed by atoms with Gasteiger partial charge in [0.25, 0.3) is 15.9 Å². The van der Waals surface area contributed by atoms with Crippen molar-refractivity contribution in [3.63, 3.8) is 0 Å². The molecular weight excluding hydrogens is 401 g/mol. The highest BCUT2D eigenvalue weighted by Crippen LogP contribution is 2.25. The summed E-state index contributed by atoms with van der Waals surface area (Å²) in [6.45, 7) is 0. The molecule has 1 aromatic heterocycles. The number of anilines is 2. The van der Waals surface area contributed by atoms with Crippen molar-refractivity contribution in [1.29, 1.82) is 0 Å². The van der Waals surface area contributed by atoms with E-state index in [9.17, 15) is 26.4 Å². The number of rotatable bonds is 5. The molecule has 0 bridgehead atoms. The molecule has 0 atom stereocenters. The van der Waals surface area contributed by atoms with E-state index in [-0.39, 0.29) is 21.1 Å². The van der Waals surface area contributed by atoms with Crippen LogP contribution in [-0.4, -0.2) is 14.3 Å².